The standard InChI is InChI=1S/C26H17ClN2O5/c1-13(30)26-17-8-4-2-6-15(17)21(16-7-3-5-9-18(16)26)22-23(26)25(32)28(24(22)31)20-12-14(29(33)34)10-11-19(20)27/h2-12,21-23H,1H3. The maximum Gasteiger partial charge on any atom is 0.271 e. The molecular weight excluding hydrogens is 456 g/mol. The Morgan fingerprint density at radius 3 is 2.12 bits per heavy atom. The average molecular weight is 473 g/mol. The highest BCUT2D eigenvalue weighted by Crippen LogP contribution is 2.64. The van der Waals surface area contributed by atoms with Crippen LogP contribution in [0.3, 0.4) is 0 Å². The van der Waals surface area contributed by atoms with Crippen LogP contribution in [0.2, 0.25) is 5.02 Å². The molecule has 2 amide bonds. The van der Waals surface area contributed by atoms with Gasteiger partial charge in [-0.3, -0.25) is 24.5 Å². The summed E-state index contributed by atoms with van der Waals surface area (Å²) >= 11 is 6.34. The maximum absolute atomic E-state index is 14.0. The van der Waals surface area contributed by atoms with Crippen LogP contribution in [-0.2, 0) is 19.8 Å². The monoisotopic (exact) mass is 472 g/mol. The first-order chi connectivity index (χ1) is 16.3. The lowest BCUT2D eigenvalue weighted by Gasteiger charge is -2.52. The van der Waals surface area contributed by atoms with E-state index in [1.807, 2.05) is 48.5 Å². The number of non-ortho nitro benzene ring substituents is 1. The van der Waals surface area contributed by atoms with Crippen LogP contribution < -0.4 is 4.90 Å². The van der Waals surface area contributed by atoms with Gasteiger partial charge in [-0.05, 0) is 35.2 Å². The van der Waals surface area contributed by atoms with Crippen molar-refractivity contribution in [3.8, 4) is 0 Å². The number of nitro benzene ring substituents is 1. The maximum atomic E-state index is 14.0. The molecule has 8 heteroatoms. The molecule has 2 bridgehead atoms. The van der Waals surface area contributed by atoms with Gasteiger partial charge in [0.05, 0.1) is 32.9 Å². The van der Waals surface area contributed by atoms with Crippen LogP contribution in [0.4, 0.5) is 11.4 Å². The summed E-state index contributed by atoms with van der Waals surface area (Å²) in [4.78, 5) is 53.2. The number of carbonyl (C=O) groups excluding carboxylic acids is 3. The summed E-state index contributed by atoms with van der Waals surface area (Å²) in [5, 5.41) is 11.4. The van der Waals surface area contributed by atoms with Gasteiger partial charge in [0, 0.05) is 18.1 Å². The topological polar surface area (TPSA) is 97.6 Å². The lowest BCUT2D eigenvalue weighted by atomic mass is 9.46. The van der Waals surface area contributed by atoms with Gasteiger partial charge in [-0.1, -0.05) is 60.1 Å². The van der Waals surface area contributed by atoms with Gasteiger partial charge < -0.3 is 0 Å². The number of Topliss-reactive ketones (excluding diaryl/α,β-unsaturated/α-hetero) is 1. The van der Waals surface area contributed by atoms with E-state index < -0.39 is 39.9 Å². The van der Waals surface area contributed by atoms with E-state index >= 15 is 0 Å². The summed E-state index contributed by atoms with van der Waals surface area (Å²) in [6.07, 6.45) is 0. The molecule has 1 fully saturated rings. The van der Waals surface area contributed by atoms with Crippen LogP contribution in [-0.4, -0.2) is 22.5 Å². The summed E-state index contributed by atoms with van der Waals surface area (Å²) in [5.41, 5.74) is 1.52. The lowest BCUT2D eigenvalue weighted by molar-refractivity contribution is -0.384. The summed E-state index contributed by atoms with van der Waals surface area (Å²) in [5.74, 6) is -3.51. The van der Waals surface area contributed by atoms with Crippen molar-refractivity contribution in [3.63, 3.8) is 0 Å². The van der Waals surface area contributed by atoms with Crippen molar-refractivity contribution in [1.29, 1.82) is 0 Å². The van der Waals surface area contributed by atoms with E-state index in [1.165, 1.54) is 19.1 Å². The first-order valence-electron chi connectivity index (χ1n) is 10.8. The van der Waals surface area contributed by atoms with Gasteiger partial charge in [-0.25, -0.2) is 4.90 Å². The molecule has 0 radical (unpaired) electrons. The molecule has 1 aliphatic heterocycles. The second kappa shape index (κ2) is 6.84. The predicted molar refractivity (Wildman–Crippen MR) is 124 cm³/mol. The number of imide groups is 1. The fourth-order valence-electron chi connectivity index (χ4n) is 6.39. The first kappa shape index (κ1) is 20.7. The Morgan fingerprint density at radius 2 is 1.56 bits per heavy atom. The Bertz CT molecular complexity index is 1420. The van der Waals surface area contributed by atoms with E-state index in [0.717, 1.165) is 33.2 Å². The van der Waals surface area contributed by atoms with E-state index in [0.29, 0.717) is 0 Å². The zero-order chi connectivity index (χ0) is 23.9. The van der Waals surface area contributed by atoms with E-state index in [4.69, 9.17) is 11.6 Å². The molecule has 7 rings (SSSR count). The Balaban J connectivity index is 1.65. The quantitative estimate of drug-likeness (QED) is 0.320. The van der Waals surface area contributed by atoms with Gasteiger partial charge in [0.25, 0.3) is 5.69 Å². The van der Waals surface area contributed by atoms with E-state index in [-0.39, 0.29) is 22.2 Å². The third-order valence-corrected chi connectivity index (χ3v) is 7.87. The molecule has 0 saturated carbocycles. The summed E-state index contributed by atoms with van der Waals surface area (Å²) < 4.78 is 0. The number of nitro groups is 1. The molecular formula is C26H17ClN2O5. The third-order valence-electron chi connectivity index (χ3n) is 7.55. The fraction of sp³-hybridized carbons (Fsp3) is 0.192. The normalized spacial score (nSPS) is 26.2. The molecule has 2 unspecified atom stereocenters. The highest BCUT2D eigenvalue weighted by atomic mass is 35.5. The van der Waals surface area contributed by atoms with Crippen LogP contribution >= 0.6 is 11.6 Å². The molecule has 3 aromatic rings. The van der Waals surface area contributed by atoms with Crippen molar-refractivity contribution in [3.05, 3.63) is 104 Å². The molecule has 168 valence electrons. The number of halogens is 1. The number of benzene rings is 3. The van der Waals surface area contributed by atoms with Gasteiger partial charge in [0.1, 0.15) is 5.78 Å². The number of rotatable bonds is 3. The molecule has 0 N–H and O–H groups in total. The van der Waals surface area contributed by atoms with Crippen LogP contribution in [0.15, 0.2) is 66.7 Å². The van der Waals surface area contributed by atoms with Gasteiger partial charge in [0.15, 0.2) is 0 Å². The molecule has 34 heavy (non-hydrogen) atoms. The molecule has 0 spiro atoms. The summed E-state index contributed by atoms with van der Waals surface area (Å²) in [6.45, 7) is 1.46. The fourth-order valence-corrected chi connectivity index (χ4v) is 6.60. The summed E-state index contributed by atoms with van der Waals surface area (Å²) in [7, 11) is 0. The highest BCUT2D eigenvalue weighted by molar-refractivity contribution is 6.36. The number of hydrogen-bond acceptors (Lipinski definition) is 5. The molecule has 3 aliphatic carbocycles. The van der Waals surface area contributed by atoms with Crippen LogP contribution in [0.25, 0.3) is 0 Å². The SMILES string of the molecule is CC(=O)C12c3ccccc3C(c3ccccc31)C1C(=O)N(c3cc([N+](=O)[O-])ccc3Cl)C(=O)C12. The van der Waals surface area contributed by atoms with Gasteiger partial charge in [0.2, 0.25) is 11.8 Å². The number of nitrogens with zero attached hydrogens (tertiary/aromatic N) is 2. The summed E-state index contributed by atoms with van der Waals surface area (Å²) in [6, 6.07) is 18.6. The van der Waals surface area contributed by atoms with Crippen LogP contribution in [0.1, 0.15) is 35.1 Å². The number of carbonyl (C=O) groups is 3. The van der Waals surface area contributed by atoms with Crippen LogP contribution in [0.5, 0.6) is 0 Å². The lowest BCUT2D eigenvalue weighted by Crippen LogP contribution is -2.57. The second-order valence-electron chi connectivity index (χ2n) is 8.92. The van der Waals surface area contributed by atoms with E-state index in [9.17, 15) is 24.5 Å². The van der Waals surface area contributed by atoms with Crippen LogP contribution in [0, 0.1) is 22.0 Å². The zero-order valence-electron chi connectivity index (χ0n) is 17.9. The predicted octanol–water partition coefficient (Wildman–Crippen LogP) is 4.39. The largest absolute Gasteiger partial charge is 0.299 e. The number of ketones is 1. The average Bonchev–Trinajstić information content (AvgIpc) is 3.10. The Hall–Kier alpha value is -3.84. The minimum Gasteiger partial charge on any atom is -0.299 e. The Labute approximate surface area is 199 Å². The number of hydrogen-bond donors (Lipinski definition) is 0. The molecule has 7 nitrogen and oxygen atoms in total. The van der Waals surface area contributed by atoms with Gasteiger partial charge in [-0.15, -0.1) is 0 Å². The Kier molecular flexibility index (Phi) is 4.17. The molecule has 0 aromatic heterocycles. The minimum absolute atomic E-state index is 0.0357. The molecule has 3 aromatic carbocycles. The third kappa shape index (κ3) is 2.29. The molecule has 1 heterocycles. The van der Waals surface area contributed by atoms with Crippen molar-refractivity contribution < 1.29 is 19.3 Å². The van der Waals surface area contributed by atoms with Gasteiger partial charge in [-0.2, -0.15) is 0 Å². The van der Waals surface area contributed by atoms with Crippen molar-refractivity contribution in [2.75, 3.05) is 4.90 Å². The Morgan fingerprint density at radius 1 is 0.971 bits per heavy atom. The second-order valence-corrected chi connectivity index (χ2v) is 9.33. The smallest absolute Gasteiger partial charge is 0.271 e. The molecule has 1 saturated heterocycles. The minimum atomic E-state index is -1.33. The highest BCUT2D eigenvalue weighted by Gasteiger charge is 2.70. The molecule has 4 aliphatic rings. The number of amides is 2. The zero-order valence-corrected chi connectivity index (χ0v) is 18.7. The van der Waals surface area contributed by atoms with Crippen molar-refractivity contribution in [1.82, 2.24) is 0 Å². The van der Waals surface area contributed by atoms with Crippen molar-refractivity contribution >= 4 is 40.6 Å². The van der Waals surface area contributed by atoms with E-state index in [1.54, 1.807) is 0 Å². The van der Waals surface area contributed by atoms with Crippen molar-refractivity contribution in [2.45, 2.75) is 18.3 Å². The van der Waals surface area contributed by atoms with E-state index in [2.05, 4.69) is 0 Å². The number of anilines is 1. The first-order valence-corrected chi connectivity index (χ1v) is 11.2. The van der Waals surface area contributed by atoms with Crippen molar-refractivity contribution in [2.24, 2.45) is 11.8 Å². The molecule has 2 atom stereocenters. The van der Waals surface area contributed by atoms with Gasteiger partial charge >= 0.3 is 0 Å².